The third-order valence-electron chi connectivity index (χ3n) is 3.82. The van der Waals surface area contributed by atoms with Gasteiger partial charge in [0, 0.05) is 19.9 Å². The van der Waals surface area contributed by atoms with Crippen LogP contribution < -0.4 is 9.47 Å². The van der Waals surface area contributed by atoms with Crippen LogP contribution in [0.5, 0.6) is 11.5 Å². The first-order chi connectivity index (χ1) is 13.7. The third-order valence-corrected chi connectivity index (χ3v) is 3.82. The number of aromatic nitrogens is 2. The first-order valence-electron chi connectivity index (χ1n) is 8.82. The SMILES string of the molecule is CC(=O)Oc1ccc(/C=C/C(=O)OCc2nc(C)c(C)nc2C)cc1OC(C)=O. The number of benzene rings is 1. The Labute approximate surface area is 168 Å². The van der Waals surface area contributed by atoms with Crippen molar-refractivity contribution in [1.82, 2.24) is 9.97 Å². The number of nitrogens with zero attached hydrogens (tertiary/aromatic N) is 2. The first-order valence-corrected chi connectivity index (χ1v) is 8.82. The zero-order valence-corrected chi connectivity index (χ0v) is 16.9. The normalized spacial score (nSPS) is 10.7. The summed E-state index contributed by atoms with van der Waals surface area (Å²) in [6, 6.07) is 4.55. The Morgan fingerprint density at radius 3 is 2.17 bits per heavy atom. The molecular formula is C21H22N2O6. The Morgan fingerprint density at radius 2 is 1.52 bits per heavy atom. The molecular weight excluding hydrogens is 376 g/mol. The molecule has 2 aromatic rings. The van der Waals surface area contributed by atoms with Gasteiger partial charge in [-0.2, -0.15) is 0 Å². The molecule has 1 heterocycles. The summed E-state index contributed by atoms with van der Waals surface area (Å²) in [4.78, 5) is 43.2. The molecule has 0 aliphatic rings. The van der Waals surface area contributed by atoms with Crippen LogP contribution in [0.25, 0.3) is 6.08 Å². The summed E-state index contributed by atoms with van der Waals surface area (Å²) in [6.07, 6.45) is 2.73. The van der Waals surface area contributed by atoms with Gasteiger partial charge < -0.3 is 14.2 Å². The number of hydrogen-bond donors (Lipinski definition) is 0. The zero-order valence-electron chi connectivity index (χ0n) is 16.9. The second-order valence-corrected chi connectivity index (χ2v) is 6.26. The summed E-state index contributed by atoms with van der Waals surface area (Å²) in [5.74, 6) is -1.50. The van der Waals surface area contributed by atoms with Gasteiger partial charge in [0.1, 0.15) is 6.61 Å². The number of aryl methyl sites for hydroxylation is 3. The molecule has 0 saturated heterocycles. The van der Waals surface area contributed by atoms with Crippen LogP contribution in [0, 0.1) is 20.8 Å². The minimum absolute atomic E-state index is 0.00716. The lowest BCUT2D eigenvalue weighted by molar-refractivity contribution is -0.139. The maximum Gasteiger partial charge on any atom is 0.331 e. The number of hydrogen-bond acceptors (Lipinski definition) is 8. The van der Waals surface area contributed by atoms with Crippen molar-refractivity contribution in [3.05, 3.63) is 52.6 Å². The van der Waals surface area contributed by atoms with Crippen LogP contribution in [0.15, 0.2) is 24.3 Å². The van der Waals surface area contributed by atoms with E-state index in [0.29, 0.717) is 17.0 Å². The monoisotopic (exact) mass is 398 g/mol. The van der Waals surface area contributed by atoms with Crippen LogP contribution >= 0.6 is 0 Å². The number of esters is 3. The Morgan fingerprint density at radius 1 is 0.897 bits per heavy atom. The molecule has 2 rings (SSSR count). The fraction of sp³-hybridized carbons (Fsp3) is 0.286. The largest absolute Gasteiger partial charge is 0.456 e. The molecule has 0 unspecified atom stereocenters. The molecule has 0 bridgehead atoms. The fourth-order valence-corrected chi connectivity index (χ4v) is 2.35. The van der Waals surface area contributed by atoms with Gasteiger partial charge in [-0.1, -0.05) is 6.07 Å². The van der Waals surface area contributed by atoms with Gasteiger partial charge in [-0.25, -0.2) is 4.79 Å². The highest BCUT2D eigenvalue weighted by molar-refractivity contribution is 5.87. The quantitative estimate of drug-likeness (QED) is 0.415. The third kappa shape index (κ3) is 6.53. The zero-order chi connectivity index (χ0) is 21.6. The van der Waals surface area contributed by atoms with E-state index in [4.69, 9.17) is 14.2 Å². The molecule has 1 aromatic heterocycles. The maximum atomic E-state index is 12.0. The first kappa shape index (κ1) is 21.7. The van der Waals surface area contributed by atoms with E-state index in [0.717, 1.165) is 11.4 Å². The van der Waals surface area contributed by atoms with E-state index in [1.807, 2.05) is 13.8 Å². The van der Waals surface area contributed by atoms with Crippen molar-refractivity contribution in [1.29, 1.82) is 0 Å². The Balaban J connectivity index is 2.08. The van der Waals surface area contributed by atoms with Crippen molar-refractivity contribution in [2.24, 2.45) is 0 Å². The molecule has 152 valence electrons. The number of carbonyl (C=O) groups excluding carboxylic acids is 3. The summed E-state index contributed by atoms with van der Waals surface area (Å²) in [5.41, 5.74) is 3.47. The van der Waals surface area contributed by atoms with Gasteiger partial charge >= 0.3 is 17.9 Å². The summed E-state index contributed by atoms with van der Waals surface area (Å²) >= 11 is 0. The van der Waals surface area contributed by atoms with Crippen LogP contribution in [0.4, 0.5) is 0 Å². The minimum Gasteiger partial charge on any atom is -0.456 e. The average molecular weight is 398 g/mol. The number of carbonyl (C=O) groups is 3. The van der Waals surface area contributed by atoms with Gasteiger partial charge in [-0.05, 0) is 44.5 Å². The Bertz CT molecular complexity index is 981. The minimum atomic E-state index is -0.567. The van der Waals surface area contributed by atoms with Crippen molar-refractivity contribution >= 4 is 24.0 Å². The summed E-state index contributed by atoms with van der Waals surface area (Å²) < 4.78 is 15.3. The summed E-state index contributed by atoms with van der Waals surface area (Å²) in [6.45, 7) is 7.99. The van der Waals surface area contributed by atoms with Gasteiger partial charge in [0.2, 0.25) is 0 Å². The predicted octanol–water partition coefficient (Wildman–Crippen LogP) is 3.01. The van der Waals surface area contributed by atoms with Gasteiger partial charge in [0.05, 0.1) is 22.8 Å². The van der Waals surface area contributed by atoms with Gasteiger partial charge in [-0.15, -0.1) is 0 Å². The molecule has 8 heteroatoms. The Hall–Kier alpha value is -3.55. The smallest absolute Gasteiger partial charge is 0.331 e. The van der Waals surface area contributed by atoms with Crippen LogP contribution in [0.2, 0.25) is 0 Å². The van der Waals surface area contributed by atoms with Crippen molar-refractivity contribution in [2.75, 3.05) is 0 Å². The van der Waals surface area contributed by atoms with Crippen molar-refractivity contribution in [3.8, 4) is 11.5 Å². The van der Waals surface area contributed by atoms with Crippen molar-refractivity contribution in [3.63, 3.8) is 0 Å². The van der Waals surface area contributed by atoms with Crippen molar-refractivity contribution in [2.45, 2.75) is 41.2 Å². The van der Waals surface area contributed by atoms with Crippen molar-refractivity contribution < 1.29 is 28.6 Å². The molecule has 8 nitrogen and oxygen atoms in total. The van der Waals surface area contributed by atoms with Crippen LogP contribution in [0.3, 0.4) is 0 Å². The summed E-state index contributed by atoms with van der Waals surface area (Å²) in [7, 11) is 0. The van der Waals surface area contributed by atoms with E-state index >= 15 is 0 Å². The highest BCUT2D eigenvalue weighted by atomic mass is 16.6. The average Bonchev–Trinajstić information content (AvgIpc) is 2.63. The van der Waals surface area contributed by atoms with Crippen LogP contribution in [-0.4, -0.2) is 27.9 Å². The second-order valence-electron chi connectivity index (χ2n) is 6.26. The molecule has 0 aliphatic heterocycles. The van der Waals surface area contributed by atoms with E-state index in [1.54, 1.807) is 13.0 Å². The van der Waals surface area contributed by atoms with Gasteiger partial charge in [-0.3, -0.25) is 19.6 Å². The molecule has 0 fully saturated rings. The lowest BCUT2D eigenvalue weighted by atomic mass is 10.2. The molecule has 0 amide bonds. The second kappa shape index (κ2) is 9.59. The molecule has 1 aromatic carbocycles. The lowest BCUT2D eigenvalue weighted by Crippen LogP contribution is -2.08. The topological polar surface area (TPSA) is 105 Å². The van der Waals surface area contributed by atoms with E-state index in [2.05, 4.69) is 9.97 Å². The lowest BCUT2D eigenvalue weighted by Gasteiger charge is -2.09. The highest BCUT2D eigenvalue weighted by Crippen LogP contribution is 2.29. The van der Waals surface area contributed by atoms with Crippen LogP contribution in [-0.2, 0) is 25.7 Å². The van der Waals surface area contributed by atoms with Crippen LogP contribution in [0.1, 0.15) is 42.2 Å². The van der Waals surface area contributed by atoms with Gasteiger partial charge in [0.25, 0.3) is 0 Å². The van der Waals surface area contributed by atoms with E-state index in [9.17, 15) is 14.4 Å². The Kier molecular flexibility index (Phi) is 7.19. The summed E-state index contributed by atoms with van der Waals surface area (Å²) in [5, 5.41) is 0. The van der Waals surface area contributed by atoms with E-state index < -0.39 is 17.9 Å². The predicted molar refractivity (Wildman–Crippen MR) is 104 cm³/mol. The molecule has 0 spiro atoms. The highest BCUT2D eigenvalue weighted by Gasteiger charge is 2.11. The molecule has 0 atom stereocenters. The molecule has 0 N–H and O–H groups in total. The maximum absolute atomic E-state index is 12.0. The fourth-order valence-electron chi connectivity index (χ4n) is 2.35. The number of ether oxygens (including phenoxy) is 3. The van der Waals surface area contributed by atoms with E-state index in [1.165, 1.54) is 38.1 Å². The van der Waals surface area contributed by atoms with E-state index in [-0.39, 0.29) is 18.1 Å². The molecule has 0 aliphatic carbocycles. The van der Waals surface area contributed by atoms with Gasteiger partial charge in [0.15, 0.2) is 11.5 Å². The molecule has 29 heavy (non-hydrogen) atoms. The number of rotatable bonds is 6. The standard InChI is InChI=1S/C21H22N2O6/c1-12-13(2)23-18(14(3)22-12)11-27-21(26)9-7-17-6-8-19(28-15(4)24)20(10-17)29-16(5)25/h6-10H,11H2,1-5H3/b9-7+. The molecule has 0 saturated carbocycles. The molecule has 0 radical (unpaired) electrons.